The Bertz CT molecular complexity index is 3300. The van der Waals surface area contributed by atoms with E-state index in [1.807, 2.05) is 6.07 Å². The summed E-state index contributed by atoms with van der Waals surface area (Å²) in [4.78, 5) is 2.43. The van der Waals surface area contributed by atoms with E-state index in [0.29, 0.717) is 0 Å². The third kappa shape index (κ3) is 6.23. The maximum Gasteiger partial charge on any atom is 0.137 e. The van der Waals surface area contributed by atoms with E-state index in [2.05, 4.69) is 235 Å². The average Bonchev–Trinajstić information content (AvgIpc) is 3.72. The number of hydrogen-bond donors (Lipinski definition) is 0. The number of nitrogens with zero attached hydrogens (tertiary/aromatic N) is 1. The summed E-state index contributed by atoms with van der Waals surface area (Å²) in [6.45, 7) is 0. The molecule has 0 amide bonds. The second-order valence-corrected chi connectivity index (χ2v) is 15.2. The van der Waals surface area contributed by atoms with Gasteiger partial charge < -0.3 is 9.32 Å². The Morgan fingerprint density at radius 2 is 0.817 bits per heavy atom. The Labute approximate surface area is 349 Å². The third-order valence-electron chi connectivity index (χ3n) is 11.7. The van der Waals surface area contributed by atoms with Crippen LogP contribution in [0.2, 0.25) is 0 Å². The molecule has 0 N–H and O–H groups in total. The topological polar surface area (TPSA) is 16.4 Å². The molecular formula is C58H39NO. The van der Waals surface area contributed by atoms with Crippen molar-refractivity contribution in [3.8, 4) is 55.6 Å². The normalized spacial score (nSPS) is 11.3. The first-order chi connectivity index (χ1) is 29.8. The molecule has 2 nitrogen and oxygen atoms in total. The van der Waals surface area contributed by atoms with Gasteiger partial charge in [0.15, 0.2) is 0 Å². The van der Waals surface area contributed by atoms with Crippen molar-refractivity contribution in [1.82, 2.24) is 0 Å². The first kappa shape index (κ1) is 35.2. The lowest BCUT2D eigenvalue weighted by Crippen LogP contribution is -2.12. The maximum atomic E-state index is 6.52. The van der Waals surface area contributed by atoms with E-state index in [1.54, 1.807) is 0 Å². The quantitative estimate of drug-likeness (QED) is 0.153. The van der Waals surface area contributed by atoms with Crippen LogP contribution in [0.4, 0.5) is 17.1 Å². The van der Waals surface area contributed by atoms with Gasteiger partial charge >= 0.3 is 0 Å². The van der Waals surface area contributed by atoms with Gasteiger partial charge in [-0.25, -0.2) is 0 Å². The zero-order valence-electron chi connectivity index (χ0n) is 32.9. The van der Waals surface area contributed by atoms with Crippen molar-refractivity contribution in [3.63, 3.8) is 0 Å². The predicted octanol–water partition coefficient (Wildman–Crippen LogP) is 16.5. The molecule has 0 unspecified atom stereocenters. The number of furan rings is 1. The molecule has 11 aromatic rings. The molecule has 0 saturated heterocycles. The number of para-hydroxylation sites is 2. The lowest BCUT2D eigenvalue weighted by Gasteiger charge is -2.29. The van der Waals surface area contributed by atoms with Gasteiger partial charge in [0.25, 0.3) is 0 Å². The molecule has 0 aliphatic carbocycles. The Morgan fingerprint density at radius 1 is 0.283 bits per heavy atom. The van der Waals surface area contributed by atoms with Gasteiger partial charge in [-0.3, -0.25) is 0 Å². The second kappa shape index (κ2) is 15.1. The fourth-order valence-electron chi connectivity index (χ4n) is 8.91. The number of benzene rings is 10. The number of anilines is 3. The van der Waals surface area contributed by atoms with E-state index >= 15 is 0 Å². The molecule has 282 valence electrons. The van der Waals surface area contributed by atoms with Crippen LogP contribution in [0.5, 0.6) is 0 Å². The summed E-state index contributed by atoms with van der Waals surface area (Å²) in [6, 6.07) is 85.0. The molecule has 0 aliphatic heterocycles. The molecular weight excluding hydrogens is 727 g/mol. The molecule has 0 atom stereocenters. The van der Waals surface area contributed by atoms with Crippen molar-refractivity contribution in [2.75, 3.05) is 4.90 Å². The molecule has 11 rings (SSSR count). The summed E-state index contributed by atoms with van der Waals surface area (Å²) in [5.41, 5.74) is 16.6. The first-order valence-corrected chi connectivity index (χ1v) is 20.5. The lowest BCUT2D eigenvalue weighted by molar-refractivity contribution is 0.669. The Hall–Kier alpha value is -7.94. The molecule has 0 spiro atoms. The van der Waals surface area contributed by atoms with Crippen molar-refractivity contribution in [2.45, 2.75) is 0 Å². The van der Waals surface area contributed by atoms with Crippen LogP contribution in [-0.4, -0.2) is 0 Å². The van der Waals surface area contributed by atoms with Gasteiger partial charge in [-0.2, -0.15) is 0 Å². The minimum atomic E-state index is 0.854. The van der Waals surface area contributed by atoms with Crippen LogP contribution < -0.4 is 4.90 Å². The lowest BCUT2D eigenvalue weighted by atomic mass is 9.86. The summed E-state index contributed by atoms with van der Waals surface area (Å²) in [5.74, 6) is 0. The standard InChI is InChI=1S/C58H39NO/c1-3-17-40(18-4-1)44-35-38-50(49-25-10-9-24-48(49)41-19-5-2-6-20-41)53(39-44)51-26-11-13-29-54(51)59(55-30-16-32-57-58(55)52-27-12-14-31-56(52)60-57)45-36-33-43(34-37-45)47-28-15-22-42-21-7-8-23-46(42)47/h1-39H. The molecule has 0 saturated carbocycles. The first-order valence-electron chi connectivity index (χ1n) is 20.5. The summed E-state index contributed by atoms with van der Waals surface area (Å²) < 4.78 is 6.52. The van der Waals surface area contributed by atoms with Gasteiger partial charge in [-0.1, -0.05) is 194 Å². The molecule has 1 aromatic heterocycles. The fourth-order valence-corrected chi connectivity index (χ4v) is 8.91. The number of rotatable bonds is 8. The Morgan fingerprint density at radius 3 is 1.63 bits per heavy atom. The molecule has 1 heterocycles. The molecule has 60 heavy (non-hydrogen) atoms. The highest BCUT2D eigenvalue weighted by Gasteiger charge is 2.24. The highest BCUT2D eigenvalue weighted by molar-refractivity contribution is 6.14. The SMILES string of the molecule is c1ccc(-c2ccc(-c3ccccc3-c3ccccc3)c(-c3ccccc3N(c3ccc(-c4cccc5ccccc45)cc3)c3cccc4oc5ccccc5c34)c2)cc1. The number of fused-ring (bicyclic) bond motifs is 4. The fraction of sp³-hybridized carbons (Fsp3) is 0. The smallest absolute Gasteiger partial charge is 0.137 e. The third-order valence-corrected chi connectivity index (χ3v) is 11.7. The highest BCUT2D eigenvalue weighted by Crippen LogP contribution is 2.49. The van der Waals surface area contributed by atoms with Gasteiger partial charge in [0.2, 0.25) is 0 Å². The van der Waals surface area contributed by atoms with Crippen molar-refractivity contribution < 1.29 is 4.42 Å². The van der Waals surface area contributed by atoms with Crippen LogP contribution in [0.3, 0.4) is 0 Å². The van der Waals surface area contributed by atoms with E-state index in [-0.39, 0.29) is 0 Å². The van der Waals surface area contributed by atoms with Gasteiger partial charge in [0.1, 0.15) is 11.2 Å². The minimum absolute atomic E-state index is 0.854. The van der Waals surface area contributed by atoms with Gasteiger partial charge in [0.05, 0.1) is 16.8 Å². The van der Waals surface area contributed by atoms with Gasteiger partial charge in [-0.15, -0.1) is 0 Å². The zero-order chi connectivity index (χ0) is 39.8. The molecule has 2 heteroatoms. The van der Waals surface area contributed by atoms with Crippen molar-refractivity contribution in [3.05, 3.63) is 237 Å². The van der Waals surface area contributed by atoms with Gasteiger partial charge in [0, 0.05) is 16.6 Å². The molecule has 0 radical (unpaired) electrons. The predicted molar refractivity (Wildman–Crippen MR) is 253 cm³/mol. The van der Waals surface area contributed by atoms with Crippen LogP contribution in [0.15, 0.2) is 241 Å². The molecule has 0 bridgehead atoms. The van der Waals surface area contributed by atoms with Crippen molar-refractivity contribution >= 4 is 49.8 Å². The molecule has 0 fully saturated rings. The van der Waals surface area contributed by atoms with Crippen molar-refractivity contribution in [1.29, 1.82) is 0 Å². The van der Waals surface area contributed by atoms with Crippen LogP contribution in [0.1, 0.15) is 0 Å². The minimum Gasteiger partial charge on any atom is -0.456 e. The highest BCUT2D eigenvalue weighted by atomic mass is 16.3. The van der Waals surface area contributed by atoms with Crippen LogP contribution >= 0.6 is 0 Å². The Kier molecular flexibility index (Phi) is 8.87. The van der Waals surface area contributed by atoms with Gasteiger partial charge in [-0.05, 0) is 103 Å². The average molecular weight is 766 g/mol. The van der Waals surface area contributed by atoms with E-state index < -0.39 is 0 Å². The van der Waals surface area contributed by atoms with Crippen LogP contribution in [0, 0.1) is 0 Å². The summed E-state index contributed by atoms with van der Waals surface area (Å²) in [6.07, 6.45) is 0. The van der Waals surface area contributed by atoms with E-state index in [9.17, 15) is 0 Å². The Balaban J connectivity index is 1.17. The maximum absolute atomic E-state index is 6.52. The molecule has 0 aliphatic rings. The molecule has 10 aromatic carbocycles. The van der Waals surface area contributed by atoms with E-state index in [4.69, 9.17) is 4.42 Å². The summed E-state index contributed by atoms with van der Waals surface area (Å²) >= 11 is 0. The zero-order valence-corrected chi connectivity index (χ0v) is 32.9. The van der Waals surface area contributed by atoms with Crippen LogP contribution in [0.25, 0.3) is 88.3 Å². The summed E-state index contributed by atoms with van der Waals surface area (Å²) in [7, 11) is 0. The largest absolute Gasteiger partial charge is 0.456 e. The van der Waals surface area contributed by atoms with E-state index in [1.165, 1.54) is 49.7 Å². The van der Waals surface area contributed by atoms with Crippen molar-refractivity contribution in [2.24, 2.45) is 0 Å². The number of hydrogen-bond acceptors (Lipinski definition) is 2. The monoisotopic (exact) mass is 765 g/mol. The van der Waals surface area contributed by atoms with E-state index in [0.717, 1.165) is 55.7 Å². The summed E-state index contributed by atoms with van der Waals surface area (Å²) in [5, 5.41) is 4.64. The second-order valence-electron chi connectivity index (χ2n) is 15.2. The van der Waals surface area contributed by atoms with Crippen LogP contribution in [-0.2, 0) is 0 Å².